The van der Waals surface area contributed by atoms with E-state index in [1.165, 1.54) is 0 Å². The van der Waals surface area contributed by atoms with Crippen LogP contribution in [0.25, 0.3) is 0 Å². The van der Waals surface area contributed by atoms with Crippen molar-refractivity contribution in [2.45, 2.75) is 25.9 Å². The van der Waals surface area contributed by atoms with Crippen LogP contribution in [0.5, 0.6) is 0 Å². The van der Waals surface area contributed by atoms with E-state index in [1.807, 2.05) is 17.8 Å². The van der Waals surface area contributed by atoms with Crippen LogP contribution in [0.15, 0.2) is 24.5 Å². The summed E-state index contributed by atoms with van der Waals surface area (Å²) < 4.78 is 1.97. The van der Waals surface area contributed by atoms with Crippen LogP contribution in [-0.2, 0) is 6.54 Å². The molecule has 0 fully saturated rings. The summed E-state index contributed by atoms with van der Waals surface area (Å²) in [4.78, 5) is 4.34. The summed E-state index contributed by atoms with van der Waals surface area (Å²) in [7, 11) is 1.88. The summed E-state index contributed by atoms with van der Waals surface area (Å²) in [5.74, 6) is 0. The molecule has 2 aromatic rings. The summed E-state index contributed by atoms with van der Waals surface area (Å²) in [6.07, 6.45) is 4.42. The molecule has 0 aliphatic heterocycles. The van der Waals surface area contributed by atoms with Crippen molar-refractivity contribution in [1.82, 2.24) is 20.1 Å². The van der Waals surface area contributed by atoms with Crippen molar-refractivity contribution >= 4 is 23.2 Å². The Hall–Kier alpha value is -1.10. The van der Waals surface area contributed by atoms with Crippen molar-refractivity contribution in [2.24, 2.45) is 0 Å². The fraction of sp³-hybridized carbons (Fsp3) is 0.385. The van der Waals surface area contributed by atoms with E-state index in [2.05, 4.69) is 22.3 Å². The van der Waals surface area contributed by atoms with Gasteiger partial charge in [-0.25, -0.2) is 0 Å². The van der Waals surface area contributed by atoms with E-state index in [4.69, 9.17) is 23.2 Å². The Morgan fingerprint density at radius 2 is 2.21 bits per heavy atom. The topological polar surface area (TPSA) is 42.7 Å². The lowest BCUT2D eigenvalue weighted by Crippen LogP contribution is -2.23. The number of aromatic nitrogens is 3. The fourth-order valence-electron chi connectivity index (χ4n) is 2.05. The van der Waals surface area contributed by atoms with Gasteiger partial charge in [0.15, 0.2) is 0 Å². The first kappa shape index (κ1) is 14.3. The minimum atomic E-state index is -0.0983. The summed E-state index contributed by atoms with van der Waals surface area (Å²) in [5, 5.41) is 8.64. The number of hydrogen-bond donors (Lipinski definition) is 1. The van der Waals surface area contributed by atoms with Gasteiger partial charge in [-0.1, -0.05) is 30.1 Å². The third-order valence-electron chi connectivity index (χ3n) is 2.88. The van der Waals surface area contributed by atoms with Gasteiger partial charge in [-0.15, -0.1) is 0 Å². The molecule has 0 saturated heterocycles. The first-order valence-electron chi connectivity index (χ1n) is 6.17. The highest BCUT2D eigenvalue weighted by Crippen LogP contribution is 2.28. The predicted molar refractivity (Wildman–Crippen MR) is 77.7 cm³/mol. The quantitative estimate of drug-likeness (QED) is 0.921. The third kappa shape index (κ3) is 3.08. The molecule has 102 valence electrons. The molecule has 2 aromatic heterocycles. The first-order valence-corrected chi connectivity index (χ1v) is 6.92. The molecular formula is C13H16Cl2N4. The van der Waals surface area contributed by atoms with Crippen molar-refractivity contribution < 1.29 is 0 Å². The van der Waals surface area contributed by atoms with Crippen LogP contribution in [0.2, 0.25) is 10.0 Å². The molecule has 2 heterocycles. The van der Waals surface area contributed by atoms with E-state index < -0.39 is 0 Å². The molecule has 2 rings (SSSR count). The molecule has 0 spiro atoms. The fourth-order valence-corrected chi connectivity index (χ4v) is 2.54. The Balaban J connectivity index is 2.41. The summed E-state index contributed by atoms with van der Waals surface area (Å²) in [6.45, 7) is 2.99. The summed E-state index contributed by atoms with van der Waals surface area (Å²) >= 11 is 12.1. The molecule has 0 amide bonds. The van der Waals surface area contributed by atoms with Crippen LogP contribution in [0.1, 0.15) is 30.8 Å². The van der Waals surface area contributed by atoms with Gasteiger partial charge in [0, 0.05) is 18.9 Å². The van der Waals surface area contributed by atoms with Gasteiger partial charge in [-0.2, -0.15) is 5.10 Å². The minimum absolute atomic E-state index is 0.0983. The van der Waals surface area contributed by atoms with Crippen molar-refractivity contribution in [3.05, 3.63) is 46.0 Å². The molecule has 1 N–H and O–H groups in total. The van der Waals surface area contributed by atoms with Crippen LogP contribution in [-0.4, -0.2) is 21.8 Å². The number of aryl methyl sites for hydroxylation is 1. The number of rotatable bonds is 5. The Labute approximate surface area is 122 Å². The molecule has 0 bridgehead atoms. The van der Waals surface area contributed by atoms with Gasteiger partial charge >= 0.3 is 0 Å². The van der Waals surface area contributed by atoms with E-state index in [-0.39, 0.29) is 6.04 Å². The number of pyridine rings is 1. The van der Waals surface area contributed by atoms with Crippen molar-refractivity contribution in [1.29, 1.82) is 0 Å². The van der Waals surface area contributed by atoms with Crippen LogP contribution >= 0.6 is 23.2 Å². The molecule has 1 atom stereocenters. The highest BCUT2D eigenvalue weighted by molar-refractivity contribution is 6.34. The lowest BCUT2D eigenvalue weighted by Gasteiger charge is -2.18. The molecule has 19 heavy (non-hydrogen) atoms. The average molecular weight is 299 g/mol. The zero-order valence-electron chi connectivity index (χ0n) is 10.9. The zero-order chi connectivity index (χ0) is 13.8. The normalized spacial score (nSPS) is 12.6. The second-order valence-corrected chi connectivity index (χ2v) is 5.07. The lowest BCUT2D eigenvalue weighted by atomic mass is 10.1. The van der Waals surface area contributed by atoms with Gasteiger partial charge in [0.2, 0.25) is 0 Å². The van der Waals surface area contributed by atoms with Gasteiger partial charge in [-0.05, 0) is 25.6 Å². The maximum absolute atomic E-state index is 6.23. The average Bonchev–Trinajstić information content (AvgIpc) is 2.82. The minimum Gasteiger partial charge on any atom is -0.307 e. The van der Waals surface area contributed by atoms with Crippen molar-refractivity contribution in [3.8, 4) is 0 Å². The number of nitrogens with one attached hydrogen (secondary N) is 1. The second kappa shape index (κ2) is 6.37. The monoisotopic (exact) mass is 298 g/mol. The Morgan fingerprint density at radius 1 is 1.42 bits per heavy atom. The van der Waals surface area contributed by atoms with Crippen LogP contribution in [0, 0.1) is 0 Å². The van der Waals surface area contributed by atoms with Gasteiger partial charge in [0.05, 0.1) is 27.5 Å². The SMILES string of the molecule is CCCn1nccc1C(NC)c1ncc(Cl)cc1Cl. The molecule has 0 aliphatic rings. The van der Waals surface area contributed by atoms with Crippen LogP contribution in [0.3, 0.4) is 0 Å². The van der Waals surface area contributed by atoms with Gasteiger partial charge in [-0.3, -0.25) is 9.67 Å². The molecular weight excluding hydrogens is 283 g/mol. The maximum Gasteiger partial charge on any atom is 0.0934 e. The first-order chi connectivity index (χ1) is 9.17. The molecule has 0 saturated carbocycles. The molecule has 4 nitrogen and oxygen atoms in total. The molecule has 1 unspecified atom stereocenters. The van der Waals surface area contributed by atoms with Gasteiger partial charge in [0.25, 0.3) is 0 Å². The largest absolute Gasteiger partial charge is 0.307 e. The number of hydrogen-bond acceptors (Lipinski definition) is 3. The highest BCUT2D eigenvalue weighted by Gasteiger charge is 2.20. The third-order valence-corrected chi connectivity index (χ3v) is 3.39. The van der Waals surface area contributed by atoms with E-state index in [0.717, 1.165) is 24.4 Å². The zero-order valence-corrected chi connectivity index (χ0v) is 12.4. The standard InChI is InChI=1S/C13H16Cl2N4/c1-3-6-19-11(4-5-18-19)13(16-2)12-10(15)7-9(14)8-17-12/h4-5,7-8,13,16H,3,6H2,1-2H3. The van der Waals surface area contributed by atoms with E-state index in [1.54, 1.807) is 18.5 Å². The molecule has 0 aliphatic carbocycles. The van der Waals surface area contributed by atoms with Gasteiger partial charge < -0.3 is 5.32 Å². The predicted octanol–water partition coefficient (Wildman–Crippen LogP) is 3.30. The highest BCUT2D eigenvalue weighted by atomic mass is 35.5. The van der Waals surface area contributed by atoms with Crippen molar-refractivity contribution in [2.75, 3.05) is 7.05 Å². The molecule has 6 heteroatoms. The smallest absolute Gasteiger partial charge is 0.0934 e. The molecule has 0 radical (unpaired) electrons. The second-order valence-electron chi connectivity index (χ2n) is 4.22. The van der Waals surface area contributed by atoms with E-state index in [0.29, 0.717) is 10.0 Å². The Morgan fingerprint density at radius 3 is 2.84 bits per heavy atom. The summed E-state index contributed by atoms with van der Waals surface area (Å²) in [6, 6.07) is 3.58. The van der Waals surface area contributed by atoms with E-state index in [9.17, 15) is 0 Å². The van der Waals surface area contributed by atoms with Gasteiger partial charge in [0.1, 0.15) is 0 Å². The van der Waals surface area contributed by atoms with Crippen LogP contribution < -0.4 is 5.32 Å². The molecule has 0 aromatic carbocycles. The Kier molecular flexibility index (Phi) is 4.80. The van der Waals surface area contributed by atoms with Crippen LogP contribution in [0.4, 0.5) is 0 Å². The van der Waals surface area contributed by atoms with Crippen molar-refractivity contribution in [3.63, 3.8) is 0 Å². The lowest BCUT2D eigenvalue weighted by molar-refractivity contribution is 0.529. The maximum atomic E-state index is 6.23. The Bertz CT molecular complexity index is 553. The van der Waals surface area contributed by atoms with E-state index >= 15 is 0 Å². The summed E-state index contributed by atoms with van der Waals surface area (Å²) in [5.41, 5.74) is 1.80. The number of nitrogens with zero attached hydrogens (tertiary/aromatic N) is 3. The number of halogens is 2.